The van der Waals surface area contributed by atoms with E-state index < -0.39 is 0 Å². The Balaban J connectivity index is 2.00. The average Bonchev–Trinajstić information content (AvgIpc) is 2.38. The van der Waals surface area contributed by atoms with Crippen LogP contribution in [0.25, 0.3) is 6.08 Å². The molecule has 0 aromatic heterocycles. The molecule has 0 bridgehead atoms. The molecular formula is C14H19ClN2. The van der Waals surface area contributed by atoms with Crippen molar-refractivity contribution in [2.24, 2.45) is 0 Å². The van der Waals surface area contributed by atoms with E-state index >= 15 is 0 Å². The number of nitrogens with zero attached hydrogens (tertiary/aromatic N) is 2. The number of piperazine rings is 1. The molecule has 92 valence electrons. The molecular weight excluding hydrogens is 232 g/mol. The predicted octanol–water partition coefficient (Wildman–Crippen LogP) is 2.69. The Morgan fingerprint density at radius 2 is 1.76 bits per heavy atom. The molecule has 1 fully saturated rings. The van der Waals surface area contributed by atoms with Crippen molar-refractivity contribution < 1.29 is 0 Å². The van der Waals surface area contributed by atoms with Gasteiger partial charge in [-0.3, -0.25) is 0 Å². The van der Waals surface area contributed by atoms with Gasteiger partial charge in [0.2, 0.25) is 0 Å². The standard InChI is InChI=1S/C14H19ClN2/c1-16-9-11-17(12-10-16)14-6-4-13(5-7-14)3-2-8-15/h2-7H,8-12H2,1H3. The number of allylic oxidation sites excluding steroid dienone is 1. The Bertz CT molecular complexity index is 364. The number of hydrogen-bond donors (Lipinski definition) is 0. The Kier molecular flexibility index (Phi) is 4.46. The van der Waals surface area contributed by atoms with E-state index in [4.69, 9.17) is 11.6 Å². The van der Waals surface area contributed by atoms with E-state index in [0.717, 1.165) is 26.2 Å². The maximum absolute atomic E-state index is 5.62. The Morgan fingerprint density at radius 3 is 2.35 bits per heavy atom. The lowest BCUT2D eigenvalue weighted by Crippen LogP contribution is -2.44. The van der Waals surface area contributed by atoms with Crippen LogP contribution in [0.2, 0.25) is 0 Å². The SMILES string of the molecule is CN1CCN(c2ccc(C=CCCl)cc2)CC1. The number of likely N-dealkylation sites (N-methyl/N-ethyl adjacent to an activating group) is 1. The van der Waals surface area contributed by atoms with Crippen molar-refractivity contribution in [2.45, 2.75) is 0 Å². The molecule has 1 heterocycles. The zero-order chi connectivity index (χ0) is 12.1. The van der Waals surface area contributed by atoms with Crippen LogP contribution in [0.4, 0.5) is 5.69 Å². The highest BCUT2D eigenvalue weighted by atomic mass is 35.5. The fraction of sp³-hybridized carbons (Fsp3) is 0.429. The first kappa shape index (κ1) is 12.5. The summed E-state index contributed by atoms with van der Waals surface area (Å²) in [5.74, 6) is 0.570. The van der Waals surface area contributed by atoms with Crippen LogP contribution < -0.4 is 4.90 Å². The first-order valence-corrected chi connectivity index (χ1v) is 6.59. The number of halogens is 1. The van der Waals surface area contributed by atoms with Crippen molar-refractivity contribution >= 4 is 23.4 Å². The van der Waals surface area contributed by atoms with Crippen LogP contribution in [-0.4, -0.2) is 44.0 Å². The molecule has 2 rings (SSSR count). The molecule has 2 nitrogen and oxygen atoms in total. The monoisotopic (exact) mass is 250 g/mol. The summed E-state index contributed by atoms with van der Waals surface area (Å²) >= 11 is 5.62. The van der Waals surface area contributed by atoms with E-state index in [9.17, 15) is 0 Å². The van der Waals surface area contributed by atoms with Crippen LogP contribution >= 0.6 is 11.6 Å². The van der Waals surface area contributed by atoms with Gasteiger partial charge >= 0.3 is 0 Å². The van der Waals surface area contributed by atoms with Gasteiger partial charge in [0.15, 0.2) is 0 Å². The third-order valence-corrected chi connectivity index (χ3v) is 3.34. The van der Waals surface area contributed by atoms with Gasteiger partial charge in [-0.15, -0.1) is 11.6 Å². The van der Waals surface area contributed by atoms with E-state index in [1.807, 2.05) is 6.08 Å². The fourth-order valence-corrected chi connectivity index (χ4v) is 2.13. The van der Waals surface area contributed by atoms with Crippen LogP contribution in [0.15, 0.2) is 30.3 Å². The molecule has 1 aliphatic rings. The summed E-state index contributed by atoms with van der Waals surface area (Å²) in [6.45, 7) is 4.53. The third kappa shape index (κ3) is 3.48. The zero-order valence-corrected chi connectivity index (χ0v) is 11.0. The Labute approximate surface area is 108 Å². The summed E-state index contributed by atoms with van der Waals surface area (Å²) < 4.78 is 0. The maximum Gasteiger partial charge on any atom is 0.0407 e. The molecule has 0 saturated carbocycles. The smallest absolute Gasteiger partial charge is 0.0407 e. The van der Waals surface area contributed by atoms with Crippen molar-refractivity contribution in [3.8, 4) is 0 Å². The largest absolute Gasteiger partial charge is 0.369 e. The van der Waals surface area contributed by atoms with Gasteiger partial charge in [-0.2, -0.15) is 0 Å². The molecule has 0 atom stereocenters. The van der Waals surface area contributed by atoms with Crippen molar-refractivity contribution in [3.63, 3.8) is 0 Å². The summed E-state index contributed by atoms with van der Waals surface area (Å²) in [6, 6.07) is 8.69. The van der Waals surface area contributed by atoms with E-state index in [1.54, 1.807) is 0 Å². The molecule has 0 amide bonds. The minimum Gasteiger partial charge on any atom is -0.369 e. The van der Waals surface area contributed by atoms with Crippen LogP contribution in [0, 0.1) is 0 Å². The van der Waals surface area contributed by atoms with Gasteiger partial charge in [-0.25, -0.2) is 0 Å². The predicted molar refractivity (Wildman–Crippen MR) is 75.9 cm³/mol. The molecule has 17 heavy (non-hydrogen) atoms. The summed E-state index contributed by atoms with van der Waals surface area (Å²) in [5.41, 5.74) is 2.53. The third-order valence-electron chi connectivity index (χ3n) is 3.16. The van der Waals surface area contributed by atoms with Gasteiger partial charge in [0.25, 0.3) is 0 Å². The van der Waals surface area contributed by atoms with Gasteiger partial charge in [0, 0.05) is 37.7 Å². The van der Waals surface area contributed by atoms with Crippen molar-refractivity contribution in [2.75, 3.05) is 44.0 Å². The fourth-order valence-electron chi connectivity index (χ4n) is 2.04. The van der Waals surface area contributed by atoms with E-state index in [1.165, 1.54) is 11.3 Å². The van der Waals surface area contributed by atoms with Crippen LogP contribution in [0.1, 0.15) is 5.56 Å². The first-order chi connectivity index (χ1) is 8.29. The molecule has 1 aromatic rings. The molecule has 3 heteroatoms. The zero-order valence-electron chi connectivity index (χ0n) is 10.3. The van der Waals surface area contributed by atoms with Crippen molar-refractivity contribution in [3.05, 3.63) is 35.9 Å². The van der Waals surface area contributed by atoms with Crippen LogP contribution in [0.3, 0.4) is 0 Å². The quantitative estimate of drug-likeness (QED) is 0.762. The minimum atomic E-state index is 0.570. The molecule has 1 saturated heterocycles. The summed E-state index contributed by atoms with van der Waals surface area (Å²) in [5, 5.41) is 0. The van der Waals surface area contributed by atoms with Crippen molar-refractivity contribution in [1.29, 1.82) is 0 Å². The van der Waals surface area contributed by atoms with Gasteiger partial charge in [0.1, 0.15) is 0 Å². The average molecular weight is 251 g/mol. The molecule has 0 aliphatic carbocycles. The highest BCUT2D eigenvalue weighted by Crippen LogP contribution is 2.17. The van der Waals surface area contributed by atoms with Crippen molar-refractivity contribution in [1.82, 2.24) is 4.90 Å². The number of anilines is 1. The number of rotatable bonds is 3. The molecule has 0 spiro atoms. The number of benzene rings is 1. The van der Waals surface area contributed by atoms with E-state index in [0.29, 0.717) is 5.88 Å². The second-order valence-corrected chi connectivity index (χ2v) is 4.75. The minimum absolute atomic E-state index is 0.570. The number of alkyl halides is 1. The summed E-state index contributed by atoms with van der Waals surface area (Å²) in [7, 11) is 2.18. The maximum atomic E-state index is 5.62. The van der Waals surface area contributed by atoms with E-state index in [-0.39, 0.29) is 0 Å². The molecule has 0 radical (unpaired) electrons. The second kappa shape index (κ2) is 6.08. The summed E-state index contributed by atoms with van der Waals surface area (Å²) in [6.07, 6.45) is 4.02. The lowest BCUT2D eigenvalue weighted by Gasteiger charge is -2.34. The molecule has 1 aliphatic heterocycles. The normalized spacial score (nSPS) is 17.9. The highest BCUT2D eigenvalue weighted by Gasteiger charge is 2.13. The van der Waals surface area contributed by atoms with Gasteiger partial charge in [0.05, 0.1) is 0 Å². The first-order valence-electron chi connectivity index (χ1n) is 6.05. The lowest BCUT2D eigenvalue weighted by atomic mass is 10.1. The van der Waals surface area contributed by atoms with Crippen LogP contribution in [0.5, 0.6) is 0 Å². The Morgan fingerprint density at radius 1 is 1.12 bits per heavy atom. The van der Waals surface area contributed by atoms with Gasteiger partial charge in [-0.1, -0.05) is 24.3 Å². The van der Waals surface area contributed by atoms with E-state index in [2.05, 4.69) is 47.2 Å². The lowest BCUT2D eigenvalue weighted by molar-refractivity contribution is 0.313. The van der Waals surface area contributed by atoms with Crippen LogP contribution in [-0.2, 0) is 0 Å². The molecule has 1 aromatic carbocycles. The topological polar surface area (TPSA) is 6.48 Å². The summed E-state index contributed by atoms with van der Waals surface area (Å²) in [4.78, 5) is 4.81. The molecule has 0 unspecified atom stereocenters. The number of hydrogen-bond acceptors (Lipinski definition) is 2. The highest BCUT2D eigenvalue weighted by molar-refractivity contribution is 6.19. The second-order valence-electron chi connectivity index (χ2n) is 4.44. The Hall–Kier alpha value is -0.990. The van der Waals surface area contributed by atoms with Gasteiger partial charge in [-0.05, 0) is 24.7 Å². The van der Waals surface area contributed by atoms with Gasteiger partial charge < -0.3 is 9.80 Å². The molecule has 0 N–H and O–H groups in total.